The highest BCUT2D eigenvalue weighted by molar-refractivity contribution is 7.11. The molecule has 1 unspecified atom stereocenters. The Morgan fingerprint density at radius 2 is 1.83 bits per heavy atom. The van der Waals surface area contributed by atoms with E-state index in [1.807, 2.05) is 11.3 Å². The van der Waals surface area contributed by atoms with Crippen molar-refractivity contribution in [2.24, 2.45) is 5.92 Å². The molecule has 1 aromatic heterocycles. The summed E-state index contributed by atoms with van der Waals surface area (Å²) in [6.07, 6.45) is 2.57. The zero-order chi connectivity index (χ0) is 14.7. The Morgan fingerprint density at radius 1 is 1.13 bits per heavy atom. The smallest absolute Gasteiger partial charge is 0.0329 e. The molecule has 1 aromatic rings. The van der Waals surface area contributed by atoms with E-state index < -0.39 is 0 Å². The zero-order valence-electron chi connectivity index (χ0n) is 14.3. The van der Waals surface area contributed by atoms with Crippen LogP contribution in [0.1, 0.15) is 30.0 Å². The van der Waals surface area contributed by atoms with E-state index in [1.54, 1.807) is 9.75 Å². The van der Waals surface area contributed by atoms with Crippen molar-refractivity contribution in [1.29, 1.82) is 0 Å². The molecule has 3 rings (SSSR count). The van der Waals surface area contributed by atoms with Crippen molar-refractivity contribution in [2.75, 3.05) is 39.3 Å². The summed E-state index contributed by atoms with van der Waals surface area (Å²) in [7, 11) is 0. The number of hydrogen-bond donors (Lipinski definition) is 1. The summed E-state index contributed by atoms with van der Waals surface area (Å²) >= 11 is 2.02. The Balaban J connectivity index is 0.00000132. The van der Waals surface area contributed by atoms with Crippen LogP contribution in [0.2, 0.25) is 0 Å². The Hall–Kier alpha value is 0.160. The predicted octanol–water partition coefficient (Wildman–Crippen LogP) is 3.27. The van der Waals surface area contributed by atoms with Crippen LogP contribution in [0.4, 0.5) is 0 Å². The van der Waals surface area contributed by atoms with Crippen LogP contribution >= 0.6 is 36.2 Å². The van der Waals surface area contributed by atoms with E-state index in [-0.39, 0.29) is 24.8 Å². The molecule has 134 valence electrons. The molecule has 0 aliphatic carbocycles. The topological polar surface area (TPSA) is 18.5 Å². The fraction of sp³-hybridized carbons (Fsp3) is 0.765. The molecule has 0 bridgehead atoms. The minimum atomic E-state index is 0. The van der Waals surface area contributed by atoms with E-state index in [9.17, 15) is 0 Å². The first-order valence-electron chi connectivity index (χ1n) is 8.45. The van der Waals surface area contributed by atoms with E-state index in [0.717, 1.165) is 18.5 Å². The van der Waals surface area contributed by atoms with Gasteiger partial charge in [-0.25, -0.2) is 0 Å². The molecular weight excluding hydrogens is 349 g/mol. The quantitative estimate of drug-likeness (QED) is 0.846. The maximum absolute atomic E-state index is 3.49. The second-order valence-corrected chi connectivity index (χ2v) is 8.18. The van der Waals surface area contributed by atoms with E-state index in [2.05, 4.69) is 41.1 Å². The molecule has 0 amide bonds. The largest absolute Gasteiger partial charge is 0.315 e. The molecule has 0 saturated carbocycles. The molecule has 3 heterocycles. The molecule has 0 radical (unpaired) electrons. The van der Waals surface area contributed by atoms with Gasteiger partial charge in [0.15, 0.2) is 0 Å². The van der Waals surface area contributed by atoms with Crippen LogP contribution in [-0.2, 0) is 13.0 Å². The van der Waals surface area contributed by atoms with Gasteiger partial charge in [0.2, 0.25) is 0 Å². The third-order valence-electron chi connectivity index (χ3n) is 4.66. The van der Waals surface area contributed by atoms with Crippen molar-refractivity contribution in [1.82, 2.24) is 15.1 Å². The molecule has 1 atom stereocenters. The van der Waals surface area contributed by atoms with E-state index in [0.29, 0.717) is 0 Å². The van der Waals surface area contributed by atoms with Crippen LogP contribution in [0.25, 0.3) is 0 Å². The van der Waals surface area contributed by atoms with Gasteiger partial charge in [-0.1, -0.05) is 13.8 Å². The highest BCUT2D eigenvalue weighted by atomic mass is 35.5. The molecule has 2 aliphatic rings. The van der Waals surface area contributed by atoms with E-state index in [4.69, 9.17) is 0 Å². The van der Waals surface area contributed by atoms with Crippen molar-refractivity contribution in [3.05, 3.63) is 21.9 Å². The average molecular weight is 380 g/mol. The second kappa shape index (κ2) is 10.2. The average Bonchev–Trinajstić information content (AvgIpc) is 3.11. The van der Waals surface area contributed by atoms with Gasteiger partial charge in [-0.15, -0.1) is 36.2 Å². The summed E-state index contributed by atoms with van der Waals surface area (Å²) < 4.78 is 0. The highest BCUT2D eigenvalue weighted by Gasteiger charge is 2.25. The fourth-order valence-corrected chi connectivity index (χ4v) is 4.75. The Labute approximate surface area is 157 Å². The summed E-state index contributed by atoms with van der Waals surface area (Å²) in [4.78, 5) is 8.41. The fourth-order valence-electron chi connectivity index (χ4n) is 3.48. The van der Waals surface area contributed by atoms with Crippen molar-refractivity contribution < 1.29 is 0 Å². The van der Waals surface area contributed by atoms with Gasteiger partial charge in [0.25, 0.3) is 0 Å². The monoisotopic (exact) mass is 379 g/mol. The van der Waals surface area contributed by atoms with Crippen LogP contribution in [0.15, 0.2) is 12.1 Å². The number of halogens is 2. The number of piperazine rings is 1. The molecule has 2 fully saturated rings. The van der Waals surface area contributed by atoms with Crippen molar-refractivity contribution in [3.63, 3.8) is 0 Å². The first kappa shape index (κ1) is 21.2. The Bertz CT molecular complexity index is 439. The lowest BCUT2D eigenvalue weighted by Gasteiger charge is -2.37. The first-order chi connectivity index (χ1) is 10.2. The van der Waals surface area contributed by atoms with Gasteiger partial charge in [0.05, 0.1) is 0 Å². The molecule has 6 heteroatoms. The van der Waals surface area contributed by atoms with Crippen LogP contribution in [0.3, 0.4) is 0 Å². The van der Waals surface area contributed by atoms with Gasteiger partial charge in [0.1, 0.15) is 0 Å². The van der Waals surface area contributed by atoms with Gasteiger partial charge in [-0.2, -0.15) is 0 Å². The SMILES string of the molecule is CC(C)Cc1ccc(CN2CCN(C3CCNC3)CC2)s1.Cl.Cl. The molecule has 1 N–H and O–H groups in total. The Kier molecular flexibility index (Phi) is 9.42. The number of nitrogens with one attached hydrogen (secondary N) is 1. The van der Waals surface area contributed by atoms with Crippen LogP contribution in [0, 0.1) is 5.92 Å². The summed E-state index contributed by atoms with van der Waals surface area (Å²) in [5.41, 5.74) is 0. The molecule has 0 spiro atoms. The van der Waals surface area contributed by atoms with Crippen LogP contribution in [-0.4, -0.2) is 55.1 Å². The van der Waals surface area contributed by atoms with Gasteiger partial charge < -0.3 is 5.32 Å². The molecule has 0 aromatic carbocycles. The first-order valence-corrected chi connectivity index (χ1v) is 9.27. The number of nitrogens with zero attached hydrogens (tertiary/aromatic N) is 2. The van der Waals surface area contributed by atoms with Gasteiger partial charge in [-0.3, -0.25) is 9.80 Å². The maximum atomic E-state index is 3.49. The summed E-state index contributed by atoms with van der Waals surface area (Å²) in [6, 6.07) is 5.47. The summed E-state index contributed by atoms with van der Waals surface area (Å²) in [6.45, 7) is 13.1. The van der Waals surface area contributed by atoms with E-state index in [1.165, 1.54) is 52.1 Å². The third-order valence-corrected chi connectivity index (χ3v) is 5.76. The minimum Gasteiger partial charge on any atom is -0.315 e. The normalized spacial score (nSPS) is 22.8. The van der Waals surface area contributed by atoms with Gasteiger partial charge in [-0.05, 0) is 37.4 Å². The number of thiophene rings is 1. The second-order valence-electron chi connectivity index (χ2n) is 6.92. The predicted molar refractivity (Wildman–Crippen MR) is 105 cm³/mol. The standard InChI is InChI=1S/C17H29N3S.2ClH/c1-14(2)11-16-3-4-17(21-16)13-19-7-9-20(10-8-19)15-5-6-18-12-15;;/h3-4,14-15,18H,5-13H2,1-2H3;2*1H. The summed E-state index contributed by atoms with van der Waals surface area (Å²) in [5, 5.41) is 3.49. The molecule has 3 nitrogen and oxygen atoms in total. The summed E-state index contributed by atoms with van der Waals surface area (Å²) in [5.74, 6) is 0.764. The van der Waals surface area contributed by atoms with Crippen LogP contribution in [0.5, 0.6) is 0 Å². The molecule has 2 aliphatic heterocycles. The Morgan fingerprint density at radius 3 is 2.43 bits per heavy atom. The third kappa shape index (κ3) is 6.18. The lowest BCUT2D eigenvalue weighted by atomic mass is 10.1. The zero-order valence-corrected chi connectivity index (χ0v) is 16.7. The minimum absolute atomic E-state index is 0. The lowest BCUT2D eigenvalue weighted by Crippen LogP contribution is -2.50. The molecule has 2 saturated heterocycles. The van der Waals surface area contributed by atoms with Crippen molar-refractivity contribution in [2.45, 2.75) is 39.3 Å². The van der Waals surface area contributed by atoms with Gasteiger partial charge in [0, 0.05) is 55.1 Å². The number of rotatable bonds is 5. The maximum Gasteiger partial charge on any atom is 0.0329 e. The van der Waals surface area contributed by atoms with Crippen LogP contribution < -0.4 is 5.32 Å². The van der Waals surface area contributed by atoms with Crippen molar-refractivity contribution >= 4 is 36.2 Å². The lowest BCUT2D eigenvalue weighted by molar-refractivity contribution is 0.0988. The van der Waals surface area contributed by atoms with Crippen molar-refractivity contribution in [3.8, 4) is 0 Å². The van der Waals surface area contributed by atoms with Gasteiger partial charge >= 0.3 is 0 Å². The molecule has 23 heavy (non-hydrogen) atoms. The molecular formula is C17H31Cl2N3S. The highest BCUT2D eigenvalue weighted by Crippen LogP contribution is 2.22. The number of hydrogen-bond acceptors (Lipinski definition) is 4. The van der Waals surface area contributed by atoms with E-state index >= 15 is 0 Å².